The van der Waals surface area contributed by atoms with Gasteiger partial charge in [-0.05, 0) is 20.3 Å². The Hall–Kier alpha value is -2.82. The van der Waals surface area contributed by atoms with E-state index in [4.69, 9.17) is 9.47 Å². The van der Waals surface area contributed by atoms with E-state index in [9.17, 15) is 8.78 Å². The zero-order chi connectivity index (χ0) is 19.7. The number of hydrogen-bond donors (Lipinski definition) is 2. The molecule has 2 N–H and O–H groups in total. The van der Waals surface area contributed by atoms with Crippen LogP contribution < -0.4 is 10.1 Å². The maximum atomic E-state index is 14.0. The largest absolute Gasteiger partial charge is 0.484 e. The summed E-state index contributed by atoms with van der Waals surface area (Å²) in [6.07, 6.45) is 4.06. The Labute approximate surface area is 159 Å². The molecule has 3 aromatic rings. The minimum atomic E-state index is -1.55. The first-order valence-electron chi connectivity index (χ1n) is 8.95. The third-order valence-electron chi connectivity index (χ3n) is 4.28. The van der Waals surface area contributed by atoms with Gasteiger partial charge in [-0.25, -0.2) is 13.8 Å². The summed E-state index contributed by atoms with van der Waals surface area (Å²) in [6.45, 7) is 3.15. The van der Waals surface area contributed by atoms with Crippen molar-refractivity contribution in [3.05, 3.63) is 18.7 Å². The zero-order valence-corrected chi connectivity index (χ0v) is 15.5. The molecule has 0 bridgehead atoms. The molecule has 1 aliphatic heterocycles. The van der Waals surface area contributed by atoms with Crippen LogP contribution in [0.5, 0.6) is 5.75 Å². The van der Waals surface area contributed by atoms with E-state index in [0.717, 1.165) is 0 Å². The van der Waals surface area contributed by atoms with E-state index in [1.807, 2.05) is 0 Å². The molecule has 0 radical (unpaired) electrons. The van der Waals surface area contributed by atoms with Gasteiger partial charge in [-0.1, -0.05) is 0 Å². The van der Waals surface area contributed by atoms with Gasteiger partial charge in [0, 0.05) is 18.4 Å². The highest BCUT2D eigenvalue weighted by Gasteiger charge is 2.27. The molecule has 9 nitrogen and oxygen atoms in total. The maximum Gasteiger partial charge on any atom is 0.243 e. The van der Waals surface area contributed by atoms with Crippen molar-refractivity contribution in [3.8, 4) is 17.0 Å². The minimum absolute atomic E-state index is 0.0389. The number of halogens is 2. The molecule has 0 saturated carbocycles. The second-order valence-corrected chi connectivity index (χ2v) is 7.25. The summed E-state index contributed by atoms with van der Waals surface area (Å²) in [4.78, 5) is 8.78. The predicted molar refractivity (Wildman–Crippen MR) is 96.8 cm³/mol. The van der Waals surface area contributed by atoms with Crippen molar-refractivity contribution in [1.82, 2.24) is 29.8 Å². The fourth-order valence-electron chi connectivity index (χ4n) is 2.89. The number of rotatable bonds is 6. The predicted octanol–water partition coefficient (Wildman–Crippen LogP) is 2.18. The summed E-state index contributed by atoms with van der Waals surface area (Å²) in [5.74, 6) is 0.518. The molecule has 11 heteroatoms. The number of fused-ring (bicyclic) bond motifs is 1. The number of anilines is 1. The summed E-state index contributed by atoms with van der Waals surface area (Å²) in [5.41, 5.74) is -0.0789. The van der Waals surface area contributed by atoms with Gasteiger partial charge < -0.3 is 14.8 Å². The van der Waals surface area contributed by atoms with E-state index in [-0.39, 0.29) is 24.9 Å². The topological polar surface area (TPSA) is 102 Å². The van der Waals surface area contributed by atoms with Crippen molar-refractivity contribution in [2.45, 2.75) is 38.2 Å². The highest BCUT2D eigenvalue weighted by atomic mass is 19.1. The Bertz CT molecular complexity index is 939. The summed E-state index contributed by atoms with van der Waals surface area (Å²) in [6, 6.07) is -0.443. The Morgan fingerprint density at radius 3 is 3.04 bits per heavy atom. The number of nitrogens with one attached hydrogen (secondary N) is 2. The smallest absolute Gasteiger partial charge is 0.243 e. The van der Waals surface area contributed by atoms with Crippen LogP contribution in [0.2, 0.25) is 0 Å². The van der Waals surface area contributed by atoms with E-state index in [1.165, 1.54) is 24.7 Å². The van der Waals surface area contributed by atoms with Crippen LogP contribution in [-0.4, -0.2) is 67.5 Å². The van der Waals surface area contributed by atoms with Crippen molar-refractivity contribution in [1.29, 1.82) is 0 Å². The lowest BCUT2D eigenvalue weighted by atomic mass is 10.1. The third-order valence-corrected chi connectivity index (χ3v) is 4.28. The highest BCUT2D eigenvalue weighted by molar-refractivity contribution is 5.73. The van der Waals surface area contributed by atoms with Crippen molar-refractivity contribution in [2.75, 3.05) is 25.1 Å². The van der Waals surface area contributed by atoms with Gasteiger partial charge in [-0.2, -0.15) is 14.6 Å². The summed E-state index contributed by atoms with van der Waals surface area (Å²) in [5, 5.41) is 13.9. The van der Waals surface area contributed by atoms with Crippen LogP contribution in [0.25, 0.3) is 16.9 Å². The molecule has 0 aromatic carbocycles. The number of hydrogen-bond acceptors (Lipinski definition) is 7. The fourth-order valence-corrected chi connectivity index (χ4v) is 2.89. The molecular weight excluding hydrogens is 372 g/mol. The summed E-state index contributed by atoms with van der Waals surface area (Å²) in [7, 11) is 0. The Kier molecular flexibility index (Phi) is 4.84. The first kappa shape index (κ1) is 18.5. The number of ether oxygens (including phenoxy) is 2. The van der Waals surface area contributed by atoms with Crippen LogP contribution in [0.15, 0.2) is 18.7 Å². The molecule has 1 fully saturated rings. The second-order valence-electron chi connectivity index (χ2n) is 7.25. The molecule has 0 unspecified atom stereocenters. The molecule has 2 atom stereocenters. The van der Waals surface area contributed by atoms with Gasteiger partial charge in [0.15, 0.2) is 5.75 Å². The first-order chi connectivity index (χ1) is 13.4. The number of nitrogens with zero attached hydrogens (tertiary/aromatic N) is 5. The molecule has 150 valence electrons. The molecule has 1 aliphatic rings. The minimum Gasteiger partial charge on any atom is -0.484 e. The van der Waals surface area contributed by atoms with Gasteiger partial charge in [0.2, 0.25) is 11.6 Å². The average Bonchev–Trinajstić information content (AvgIpc) is 3.30. The van der Waals surface area contributed by atoms with E-state index >= 15 is 0 Å². The van der Waals surface area contributed by atoms with Crippen molar-refractivity contribution < 1.29 is 18.3 Å². The Morgan fingerprint density at radius 2 is 2.32 bits per heavy atom. The zero-order valence-electron chi connectivity index (χ0n) is 15.5. The molecule has 1 saturated heterocycles. The van der Waals surface area contributed by atoms with Gasteiger partial charge in [0.25, 0.3) is 0 Å². The van der Waals surface area contributed by atoms with Gasteiger partial charge in [0.1, 0.15) is 30.5 Å². The Balaban J connectivity index is 1.70. The number of alkyl halides is 2. The van der Waals surface area contributed by atoms with E-state index in [0.29, 0.717) is 29.9 Å². The monoisotopic (exact) mass is 393 g/mol. The van der Waals surface area contributed by atoms with Crippen LogP contribution in [0, 0.1) is 0 Å². The van der Waals surface area contributed by atoms with E-state index in [2.05, 4.69) is 30.6 Å². The van der Waals surface area contributed by atoms with Crippen LogP contribution >= 0.6 is 0 Å². The normalized spacial score (nSPS) is 20.4. The van der Waals surface area contributed by atoms with Crippen molar-refractivity contribution in [3.63, 3.8) is 0 Å². The molecule has 28 heavy (non-hydrogen) atoms. The SMILES string of the molecule is CC(C)(F)COc1c(-c2cn[nH]c2)ncn2nc(N[C@H]3CCOC[C@H]3F)nc12. The number of H-pyrrole nitrogens is 1. The van der Waals surface area contributed by atoms with Crippen molar-refractivity contribution >= 4 is 11.6 Å². The van der Waals surface area contributed by atoms with Gasteiger partial charge in [-0.3, -0.25) is 5.10 Å². The van der Waals surface area contributed by atoms with Crippen LogP contribution in [0.1, 0.15) is 20.3 Å². The third kappa shape index (κ3) is 3.88. The van der Waals surface area contributed by atoms with Crippen LogP contribution in [0.3, 0.4) is 0 Å². The van der Waals surface area contributed by atoms with Crippen LogP contribution in [-0.2, 0) is 4.74 Å². The summed E-state index contributed by atoms with van der Waals surface area (Å²) < 4.78 is 40.3. The second kappa shape index (κ2) is 7.30. The molecule has 3 aromatic heterocycles. The average molecular weight is 393 g/mol. The van der Waals surface area contributed by atoms with Crippen molar-refractivity contribution in [2.24, 2.45) is 0 Å². The molecular formula is C17H21F2N7O2. The summed E-state index contributed by atoms with van der Waals surface area (Å²) >= 11 is 0. The molecule has 0 aliphatic carbocycles. The van der Waals surface area contributed by atoms with E-state index in [1.54, 1.807) is 12.4 Å². The quantitative estimate of drug-likeness (QED) is 0.662. The molecule has 4 heterocycles. The van der Waals surface area contributed by atoms with Gasteiger partial charge in [-0.15, -0.1) is 5.10 Å². The number of aromatic nitrogens is 6. The Morgan fingerprint density at radius 1 is 1.46 bits per heavy atom. The fraction of sp³-hybridized carbons (Fsp3) is 0.529. The van der Waals surface area contributed by atoms with Gasteiger partial charge in [0.05, 0.1) is 18.8 Å². The molecule has 0 amide bonds. The van der Waals surface area contributed by atoms with E-state index < -0.39 is 17.9 Å². The first-order valence-corrected chi connectivity index (χ1v) is 8.95. The lowest BCUT2D eigenvalue weighted by molar-refractivity contribution is 0.0284. The lowest BCUT2D eigenvalue weighted by Crippen LogP contribution is -2.39. The lowest BCUT2D eigenvalue weighted by Gasteiger charge is -2.26. The number of aromatic amines is 1. The standard InChI is InChI=1S/C17H21F2N7O2/c1-17(2,19)8-28-14-13(10-5-21-22-6-10)20-9-26-15(14)24-16(25-26)23-12-3-4-27-7-11(12)18/h5-6,9,11-12H,3-4,7-8H2,1-2H3,(H,21,22)(H,23,25)/t11-,12+/m1/s1. The van der Waals surface area contributed by atoms with Gasteiger partial charge >= 0.3 is 0 Å². The molecule has 4 rings (SSSR count). The van der Waals surface area contributed by atoms with Crippen LogP contribution in [0.4, 0.5) is 14.7 Å². The molecule has 0 spiro atoms. The maximum absolute atomic E-state index is 14.0. The highest BCUT2D eigenvalue weighted by Crippen LogP contribution is 2.32.